The third-order valence-corrected chi connectivity index (χ3v) is 2.39. The first kappa shape index (κ1) is 12.3. The number of carbonyl (C=O) groups is 1. The highest BCUT2D eigenvalue weighted by Gasteiger charge is 2.26. The van der Waals surface area contributed by atoms with E-state index in [1.54, 1.807) is 7.11 Å². The maximum absolute atomic E-state index is 10.5. The van der Waals surface area contributed by atoms with Gasteiger partial charge >= 0.3 is 6.09 Å². The molecule has 0 bridgehead atoms. The Morgan fingerprint density at radius 2 is 2.27 bits per heavy atom. The summed E-state index contributed by atoms with van der Waals surface area (Å²) in [6, 6.07) is -0.0770. The van der Waals surface area contributed by atoms with Crippen LogP contribution in [0.5, 0.6) is 0 Å². The number of methoxy groups -OCH3 is 1. The van der Waals surface area contributed by atoms with E-state index in [4.69, 9.17) is 14.6 Å². The van der Waals surface area contributed by atoms with E-state index in [9.17, 15) is 4.79 Å². The van der Waals surface area contributed by atoms with Gasteiger partial charge in [-0.1, -0.05) is 12.8 Å². The molecule has 0 radical (unpaired) electrons. The highest BCUT2D eigenvalue weighted by atomic mass is 16.5. The summed E-state index contributed by atoms with van der Waals surface area (Å²) in [5.74, 6) is 0.688. The molecule has 1 fully saturated rings. The molecular weight excluding hydrogens is 198 g/mol. The van der Waals surface area contributed by atoms with Crippen LogP contribution in [0.15, 0.2) is 0 Å². The van der Waals surface area contributed by atoms with Crippen LogP contribution >= 0.6 is 0 Å². The average Bonchev–Trinajstić information content (AvgIpc) is 2.95. The van der Waals surface area contributed by atoms with Crippen LogP contribution in [-0.4, -0.2) is 44.2 Å². The fraction of sp³-hybridized carbons (Fsp3) is 0.900. The fourth-order valence-electron chi connectivity index (χ4n) is 1.47. The number of hydrogen-bond acceptors (Lipinski definition) is 3. The minimum absolute atomic E-state index is 0.0770. The average molecular weight is 217 g/mol. The number of carboxylic acid groups (broad SMARTS) is 1. The van der Waals surface area contributed by atoms with E-state index in [0.717, 1.165) is 6.42 Å². The Morgan fingerprint density at radius 3 is 2.80 bits per heavy atom. The van der Waals surface area contributed by atoms with Gasteiger partial charge in [0.05, 0.1) is 25.9 Å². The highest BCUT2D eigenvalue weighted by molar-refractivity contribution is 5.64. The Kier molecular flexibility index (Phi) is 5.42. The number of rotatable bonds is 8. The predicted octanol–water partition coefficient (Wildman–Crippen LogP) is 1.09. The minimum atomic E-state index is -0.976. The molecule has 2 N–H and O–H groups in total. The molecule has 1 saturated carbocycles. The minimum Gasteiger partial charge on any atom is -0.465 e. The lowest BCUT2D eigenvalue weighted by atomic mass is 10.1. The van der Waals surface area contributed by atoms with E-state index in [1.165, 1.54) is 12.8 Å². The molecule has 0 aromatic carbocycles. The normalized spacial score (nSPS) is 17.4. The lowest BCUT2D eigenvalue weighted by Crippen LogP contribution is -2.37. The Bertz CT molecular complexity index is 194. The van der Waals surface area contributed by atoms with Gasteiger partial charge in [-0.05, 0) is 12.3 Å². The molecule has 5 nitrogen and oxygen atoms in total. The summed E-state index contributed by atoms with van der Waals surface area (Å²) in [5.41, 5.74) is 0. The molecule has 0 heterocycles. The summed E-state index contributed by atoms with van der Waals surface area (Å²) in [6.45, 7) is 1.49. The molecular formula is C10H19NO4. The first-order chi connectivity index (χ1) is 7.22. The number of amides is 1. The molecule has 0 saturated heterocycles. The van der Waals surface area contributed by atoms with Crippen molar-refractivity contribution >= 4 is 6.09 Å². The molecule has 0 spiro atoms. The summed E-state index contributed by atoms with van der Waals surface area (Å²) in [4.78, 5) is 10.5. The van der Waals surface area contributed by atoms with Gasteiger partial charge in [0.15, 0.2) is 0 Å². The van der Waals surface area contributed by atoms with Crippen molar-refractivity contribution in [1.29, 1.82) is 0 Å². The third-order valence-electron chi connectivity index (χ3n) is 2.39. The molecule has 1 aliphatic rings. The second-order valence-electron chi connectivity index (χ2n) is 3.89. The lowest BCUT2D eigenvalue weighted by Gasteiger charge is -2.16. The van der Waals surface area contributed by atoms with Gasteiger partial charge in [-0.2, -0.15) is 0 Å². The van der Waals surface area contributed by atoms with Crippen LogP contribution in [0.4, 0.5) is 4.79 Å². The van der Waals surface area contributed by atoms with E-state index < -0.39 is 6.09 Å². The van der Waals surface area contributed by atoms with Crippen LogP contribution in [-0.2, 0) is 9.47 Å². The van der Waals surface area contributed by atoms with Gasteiger partial charge in [0.1, 0.15) is 0 Å². The van der Waals surface area contributed by atoms with Crippen molar-refractivity contribution in [3.63, 3.8) is 0 Å². The topological polar surface area (TPSA) is 67.8 Å². The second kappa shape index (κ2) is 6.63. The van der Waals surface area contributed by atoms with Gasteiger partial charge in [0.25, 0.3) is 0 Å². The van der Waals surface area contributed by atoms with E-state index >= 15 is 0 Å². The molecule has 5 heteroatoms. The quantitative estimate of drug-likeness (QED) is 0.597. The van der Waals surface area contributed by atoms with Crippen LogP contribution in [0, 0.1) is 5.92 Å². The van der Waals surface area contributed by atoms with Crippen molar-refractivity contribution in [3.05, 3.63) is 0 Å². The van der Waals surface area contributed by atoms with E-state index in [-0.39, 0.29) is 6.04 Å². The van der Waals surface area contributed by atoms with Gasteiger partial charge in [-0.3, -0.25) is 0 Å². The lowest BCUT2D eigenvalue weighted by molar-refractivity contribution is 0.0565. The molecule has 88 valence electrons. The highest BCUT2D eigenvalue weighted by Crippen LogP contribution is 2.33. The van der Waals surface area contributed by atoms with Crippen LogP contribution in [0.1, 0.15) is 19.3 Å². The molecule has 1 amide bonds. The Hall–Kier alpha value is -0.810. The molecule has 0 aromatic rings. The zero-order chi connectivity index (χ0) is 11.1. The van der Waals surface area contributed by atoms with E-state index in [2.05, 4.69) is 5.32 Å². The fourth-order valence-corrected chi connectivity index (χ4v) is 1.47. The van der Waals surface area contributed by atoms with Gasteiger partial charge in [-0.25, -0.2) is 4.79 Å². The van der Waals surface area contributed by atoms with Gasteiger partial charge in [0, 0.05) is 7.11 Å². The van der Waals surface area contributed by atoms with E-state index in [0.29, 0.717) is 25.7 Å². The molecule has 1 aliphatic carbocycles. The summed E-state index contributed by atoms with van der Waals surface area (Å²) in [7, 11) is 1.61. The van der Waals surface area contributed by atoms with Crippen LogP contribution < -0.4 is 5.32 Å². The van der Waals surface area contributed by atoms with Gasteiger partial charge < -0.3 is 19.9 Å². The first-order valence-corrected chi connectivity index (χ1v) is 5.28. The van der Waals surface area contributed by atoms with Crippen molar-refractivity contribution in [1.82, 2.24) is 5.32 Å². The third kappa shape index (κ3) is 6.30. The zero-order valence-electron chi connectivity index (χ0n) is 9.07. The summed E-state index contributed by atoms with van der Waals surface area (Å²) in [6.07, 6.45) is 2.35. The van der Waals surface area contributed by atoms with E-state index in [1.807, 2.05) is 0 Å². The standard InChI is InChI=1S/C10H19NO4/c1-14-4-5-15-7-9(11-10(12)13)6-8-2-3-8/h8-9,11H,2-7H2,1H3,(H,12,13). The predicted molar refractivity (Wildman–Crippen MR) is 55.0 cm³/mol. The Labute approximate surface area is 89.8 Å². The monoisotopic (exact) mass is 217 g/mol. The van der Waals surface area contributed by atoms with Crippen LogP contribution in [0.25, 0.3) is 0 Å². The smallest absolute Gasteiger partial charge is 0.404 e. The molecule has 0 aromatic heterocycles. The molecule has 15 heavy (non-hydrogen) atoms. The summed E-state index contributed by atoms with van der Waals surface area (Å²) >= 11 is 0. The Morgan fingerprint density at radius 1 is 1.53 bits per heavy atom. The maximum Gasteiger partial charge on any atom is 0.404 e. The Balaban J connectivity index is 2.12. The molecule has 0 aliphatic heterocycles. The maximum atomic E-state index is 10.5. The second-order valence-corrected chi connectivity index (χ2v) is 3.89. The molecule has 1 atom stereocenters. The van der Waals surface area contributed by atoms with Crippen LogP contribution in [0.2, 0.25) is 0 Å². The van der Waals surface area contributed by atoms with Crippen molar-refractivity contribution in [2.24, 2.45) is 5.92 Å². The van der Waals surface area contributed by atoms with Gasteiger partial charge in [-0.15, -0.1) is 0 Å². The van der Waals surface area contributed by atoms with Crippen molar-refractivity contribution < 1.29 is 19.4 Å². The zero-order valence-corrected chi connectivity index (χ0v) is 9.07. The van der Waals surface area contributed by atoms with Crippen molar-refractivity contribution in [2.45, 2.75) is 25.3 Å². The largest absolute Gasteiger partial charge is 0.465 e. The van der Waals surface area contributed by atoms with Crippen LogP contribution in [0.3, 0.4) is 0 Å². The molecule has 1 unspecified atom stereocenters. The van der Waals surface area contributed by atoms with Gasteiger partial charge in [0.2, 0.25) is 0 Å². The summed E-state index contributed by atoms with van der Waals surface area (Å²) in [5, 5.41) is 11.1. The number of hydrogen-bond donors (Lipinski definition) is 2. The number of nitrogens with one attached hydrogen (secondary N) is 1. The first-order valence-electron chi connectivity index (χ1n) is 5.28. The number of ether oxygens (including phenoxy) is 2. The van der Waals surface area contributed by atoms with Crippen molar-refractivity contribution in [2.75, 3.05) is 26.9 Å². The summed E-state index contributed by atoms with van der Waals surface area (Å²) < 4.78 is 10.2. The SMILES string of the molecule is COCCOCC(CC1CC1)NC(=O)O. The van der Waals surface area contributed by atoms with Crippen molar-refractivity contribution in [3.8, 4) is 0 Å². The molecule has 1 rings (SSSR count).